The molecule has 1 saturated heterocycles. The maximum Gasteiger partial charge on any atom is 0.416 e. The van der Waals surface area contributed by atoms with Crippen LogP contribution in [0.3, 0.4) is 0 Å². The van der Waals surface area contributed by atoms with Gasteiger partial charge in [-0.2, -0.15) is 13.2 Å². The molecule has 0 spiro atoms. The first-order valence-corrected chi connectivity index (χ1v) is 10.4. The number of rotatable bonds is 5. The first-order chi connectivity index (χ1) is 14.8. The Bertz CT molecular complexity index is 883. The SMILES string of the molecule is COC1C=CC2=C(C1)C(=O)N(CCN1CCN(c3cccc(C(F)(F)F)c3)CC1)CO2.Cl. The van der Waals surface area contributed by atoms with Gasteiger partial charge >= 0.3 is 6.18 Å². The fraction of sp³-hybridized carbons (Fsp3) is 0.500. The second-order valence-electron chi connectivity index (χ2n) is 7.90. The lowest BCUT2D eigenvalue weighted by atomic mass is 9.99. The van der Waals surface area contributed by atoms with Crippen molar-refractivity contribution in [3.8, 4) is 0 Å². The third kappa shape index (κ3) is 5.39. The van der Waals surface area contributed by atoms with Crippen LogP contribution in [-0.4, -0.2) is 74.9 Å². The van der Waals surface area contributed by atoms with E-state index in [9.17, 15) is 18.0 Å². The summed E-state index contributed by atoms with van der Waals surface area (Å²) in [5.74, 6) is 0.611. The highest BCUT2D eigenvalue weighted by molar-refractivity contribution is 5.95. The van der Waals surface area contributed by atoms with Gasteiger partial charge in [0.25, 0.3) is 5.91 Å². The van der Waals surface area contributed by atoms with Crippen LogP contribution in [-0.2, 0) is 20.4 Å². The highest BCUT2D eigenvalue weighted by Crippen LogP contribution is 2.32. The average molecular weight is 474 g/mol. The average Bonchev–Trinajstić information content (AvgIpc) is 2.78. The first kappa shape index (κ1) is 24.4. The van der Waals surface area contributed by atoms with E-state index in [1.54, 1.807) is 24.2 Å². The van der Waals surface area contributed by atoms with Crippen LogP contribution in [0, 0.1) is 0 Å². The predicted molar refractivity (Wildman–Crippen MR) is 117 cm³/mol. The van der Waals surface area contributed by atoms with Crippen molar-refractivity contribution in [2.45, 2.75) is 18.7 Å². The molecule has 0 bridgehead atoms. The molecule has 0 saturated carbocycles. The van der Waals surface area contributed by atoms with Crippen molar-refractivity contribution < 1.29 is 27.4 Å². The number of nitrogens with zero attached hydrogens (tertiary/aromatic N) is 3. The zero-order chi connectivity index (χ0) is 22.0. The number of halogens is 4. The largest absolute Gasteiger partial charge is 0.473 e. The number of piperazine rings is 1. The number of benzene rings is 1. The van der Waals surface area contributed by atoms with Gasteiger partial charge in [-0.25, -0.2) is 0 Å². The number of amides is 1. The summed E-state index contributed by atoms with van der Waals surface area (Å²) in [5, 5.41) is 0. The van der Waals surface area contributed by atoms with Gasteiger partial charge in [0.1, 0.15) is 5.76 Å². The minimum absolute atomic E-state index is 0. The molecule has 2 heterocycles. The van der Waals surface area contributed by atoms with Crippen molar-refractivity contribution in [3.63, 3.8) is 0 Å². The van der Waals surface area contributed by atoms with Crippen LogP contribution in [0.25, 0.3) is 0 Å². The number of alkyl halides is 3. The van der Waals surface area contributed by atoms with Gasteiger partial charge < -0.3 is 19.3 Å². The molecule has 1 aliphatic carbocycles. The van der Waals surface area contributed by atoms with E-state index in [0.29, 0.717) is 49.6 Å². The maximum atomic E-state index is 13.0. The summed E-state index contributed by atoms with van der Waals surface area (Å²) in [6.45, 7) is 4.19. The molecule has 32 heavy (non-hydrogen) atoms. The van der Waals surface area contributed by atoms with E-state index in [4.69, 9.17) is 9.47 Å². The number of allylic oxidation sites excluding steroid dienone is 1. The number of carbonyl (C=O) groups is 1. The molecule has 10 heteroatoms. The highest BCUT2D eigenvalue weighted by atomic mass is 35.5. The van der Waals surface area contributed by atoms with Crippen LogP contribution in [0.15, 0.2) is 47.7 Å². The van der Waals surface area contributed by atoms with Crippen molar-refractivity contribution in [1.29, 1.82) is 0 Å². The molecule has 1 aromatic carbocycles. The quantitative estimate of drug-likeness (QED) is 0.656. The molecule has 176 valence electrons. The summed E-state index contributed by atoms with van der Waals surface area (Å²) in [6, 6.07) is 5.46. The summed E-state index contributed by atoms with van der Waals surface area (Å²) in [5.41, 5.74) is 0.611. The summed E-state index contributed by atoms with van der Waals surface area (Å²) in [4.78, 5) is 18.7. The standard InChI is InChI=1S/C22H26F3N3O3.ClH/c1-30-18-5-6-20-19(14-18)21(29)28(15-31-20)12-9-26-7-10-27(11-8-26)17-4-2-3-16(13-17)22(23,24)25;/h2-6,13,18H,7-12,14-15H2,1H3;1H. The summed E-state index contributed by atoms with van der Waals surface area (Å²) >= 11 is 0. The van der Waals surface area contributed by atoms with Gasteiger partial charge in [0.05, 0.1) is 17.2 Å². The monoisotopic (exact) mass is 473 g/mol. The van der Waals surface area contributed by atoms with Gasteiger partial charge in [0.2, 0.25) is 0 Å². The van der Waals surface area contributed by atoms with Crippen molar-refractivity contribution in [1.82, 2.24) is 9.80 Å². The molecule has 0 aromatic heterocycles. The third-order valence-corrected chi connectivity index (χ3v) is 5.99. The van der Waals surface area contributed by atoms with Crippen LogP contribution in [0.2, 0.25) is 0 Å². The fourth-order valence-corrected chi connectivity index (χ4v) is 4.09. The Balaban J connectivity index is 0.00000289. The van der Waals surface area contributed by atoms with Crippen molar-refractivity contribution in [2.75, 3.05) is 58.0 Å². The molecule has 0 radical (unpaired) electrons. The zero-order valence-corrected chi connectivity index (χ0v) is 18.6. The molecule has 1 amide bonds. The van der Waals surface area contributed by atoms with E-state index >= 15 is 0 Å². The fourth-order valence-electron chi connectivity index (χ4n) is 4.09. The molecule has 3 aliphatic rings. The van der Waals surface area contributed by atoms with Gasteiger partial charge in [0.15, 0.2) is 6.73 Å². The second kappa shape index (κ2) is 10.1. The van der Waals surface area contributed by atoms with E-state index in [-0.39, 0.29) is 31.1 Å². The molecular weight excluding hydrogens is 447 g/mol. The van der Waals surface area contributed by atoms with E-state index < -0.39 is 11.7 Å². The number of hydrogen-bond acceptors (Lipinski definition) is 5. The molecule has 1 atom stereocenters. The number of ether oxygens (including phenoxy) is 2. The highest BCUT2D eigenvalue weighted by Gasteiger charge is 2.32. The van der Waals surface area contributed by atoms with E-state index in [0.717, 1.165) is 19.2 Å². The Morgan fingerprint density at radius 2 is 1.91 bits per heavy atom. The number of methoxy groups -OCH3 is 1. The van der Waals surface area contributed by atoms with E-state index in [1.165, 1.54) is 12.1 Å². The molecule has 2 aliphatic heterocycles. The van der Waals surface area contributed by atoms with Gasteiger partial charge in [-0.1, -0.05) is 12.1 Å². The van der Waals surface area contributed by atoms with Crippen LogP contribution in [0.1, 0.15) is 12.0 Å². The summed E-state index contributed by atoms with van der Waals surface area (Å²) < 4.78 is 50.0. The minimum Gasteiger partial charge on any atom is -0.473 e. The van der Waals surface area contributed by atoms with Crippen molar-refractivity contribution in [3.05, 3.63) is 53.3 Å². The Hall–Kier alpha value is -2.23. The topological polar surface area (TPSA) is 45.2 Å². The smallest absolute Gasteiger partial charge is 0.416 e. The molecule has 1 aromatic rings. The lowest BCUT2D eigenvalue weighted by Crippen LogP contribution is -2.50. The Morgan fingerprint density at radius 1 is 1.16 bits per heavy atom. The van der Waals surface area contributed by atoms with Crippen LogP contribution >= 0.6 is 12.4 Å². The van der Waals surface area contributed by atoms with Crippen LogP contribution in [0.4, 0.5) is 18.9 Å². The molecule has 4 rings (SSSR count). The van der Waals surface area contributed by atoms with Gasteiger partial charge in [-0.05, 0) is 24.3 Å². The van der Waals surface area contributed by atoms with Gasteiger partial charge in [0, 0.05) is 58.5 Å². The Kier molecular flexibility index (Phi) is 7.74. The number of carbonyl (C=O) groups excluding carboxylic acids is 1. The molecule has 0 N–H and O–H groups in total. The zero-order valence-electron chi connectivity index (χ0n) is 17.8. The maximum absolute atomic E-state index is 13.0. The van der Waals surface area contributed by atoms with E-state index in [1.807, 2.05) is 11.0 Å². The van der Waals surface area contributed by atoms with Crippen LogP contribution < -0.4 is 4.90 Å². The van der Waals surface area contributed by atoms with Gasteiger partial charge in [-0.15, -0.1) is 12.4 Å². The Morgan fingerprint density at radius 3 is 2.59 bits per heavy atom. The number of hydrogen-bond donors (Lipinski definition) is 0. The number of anilines is 1. The van der Waals surface area contributed by atoms with Gasteiger partial charge in [-0.3, -0.25) is 9.69 Å². The minimum atomic E-state index is -4.34. The third-order valence-electron chi connectivity index (χ3n) is 5.99. The molecular formula is C22H27ClF3N3O3. The van der Waals surface area contributed by atoms with E-state index in [2.05, 4.69) is 4.90 Å². The Labute approximate surface area is 191 Å². The predicted octanol–water partition coefficient (Wildman–Crippen LogP) is 3.29. The van der Waals surface area contributed by atoms with Crippen molar-refractivity contribution in [2.24, 2.45) is 0 Å². The lowest BCUT2D eigenvalue weighted by Gasteiger charge is -2.38. The molecule has 6 nitrogen and oxygen atoms in total. The lowest BCUT2D eigenvalue weighted by molar-refractivity contribution is -0.137. The van der Waals surface area contributed by atoms with Crippen LogP contribution in [0.5, 0.6) is 0 Å². The summed E-state index contributed by atoms with van der Waals surface area (Å²) in [6.07, 6.45) is -0.253. The van der Waals surface area contributed by atoms with Crippen molar-refractivity contribution >= 4 is 24.0 Å². The molecule has 1 unspecified atom stereocenters. The first-order valence-electron chi connectivity index (χ1n) is 10.4. The second-order valence-corrected chi connectivity index (χ2v) is 7.90. The normalized spacial score (nSPS) is 21.9. The summed E-state index contributed by atoms with van der Waals surface area (Å²) in [7, 11) is 1.62. The molecule has 1 fully saturated rings.